The number of benzene rings is 2. The van der Waals surface area contributed by atoms with Gasteiger partial charge in [-0.05, 0) is 80.6 Å². The highest BCUT2D eigenvalue weighted by molar-refractivity contribution is 5.94. The summed E-state index contributed by atoms with van der Waals surface area (Å²) in [6.07, 6.45) is 2.79. The average Bonchev–Trinajstić information content (AvgIpc) is 2.99. The summed E-state index contributed by atoms with van der Waals surface area (Å²) in [6.45, 7) is 3.73. The molecule has 3 N–H and O–H groups in total. The molecule has 5 nitrogen and oxygen atoms in total. The highest BCUT2D eigenvalue weighted by Crippen LogP contribution is 2.31. The Hall–Kier alpha value is -3.15. The lowest BCUT2D eigenvalue weighted by Crippen LogP contribution is -2.31. The first-order valence-corrected chi connectivity index (χ1v) is 9.45. The maximum atomic E-state index is 14.7. The van der Waals surface area contributed by atoms with Gasteiger partial charge in [-0.2, -0.15) is 5.10 Å². The molecule has 1 amide bonds. The Balaban J connectivity index is 1.57. The monoisotopic (exact) mass is 378 g/mol. The number of hydrogen-bond acceptors (Lipinski definition) is 3. The minimum Gasteiger partial charge on any atom is -0.399 e. The topological polar surface area (TPSA) is 72.9 Å². The van der Waals surface area contributed by atoms with Crippen molar-refractivity contribution in [3.05, 3.63) is 76.4 Å². The minimum atomic E-state index is -0.476. The molecule has 1 aromatic heterocycles. The van der Waals surface area contributed by atoms with Gasteiger partial charge >= 0.3 is 0 Å². The van der Waals surface area contributed by atoms with Crippen molar-refractivity contribution in [2.45, 2.75) is 39.2 Å². The molecule has 0 spiro atoms. The van der Waals surface area contributed by atoms with Gasteiger partial charge in [0.1, 0.15) is 11.5 Å². The van der Waals surface area contributed by atoms with Crippen molar-refractivity contribution in [2.24, 2.45) is 0 Å². The fourth-order valence-corrected chi connectivity index (χ4v) is 3.92. The van der Waals surface area contributed by atoms with Crippen molar-refractivity contribution < 1.29 is 9.18 Å². The Morgan fingerprint density at radius 2 is 2.04 bits per heavy atom. The van der Waals surface area contributed by atoms with Crippen LogP contribution in [-0.2, 0) is 6.42 Å². The molecular formula is C22H23FN4O. The fourth-order valence-electron chi connectivity index (χ4n) is 3.92. The molecule has 1 aliphatic rings. The molecule has 3 aromatic rings. The first kappa shape index (κ1) is 18.2. The van der Waals surface area contributed by atoms with Gasteiger partial charge in [0.2, 0.25) is 0 Å². The quantitative estimate of drug-likeness (QED) is 0.676. The zero-order valence-corrected chi connectivity index (χ0v) is 16.0. The molecule has 28 heavy (non-hydrogen) atoms. The maximum Gasteiger partial charge on any atom is 0.251 e. The van der Waals surface area contributed by atoms with E-state index in [9.17, 15) is 9.18 Å². The predicted molar refractivity (Wildman–Crippen MR) is 107 cm³/mol. The first-order chi connectivity index (χ1) is 13.4. The van der Waals surface area contributed by atoms with Crippen LogP contribution in [0.2, 0.25) is 0 Å². The number of nitrogens with zero attached hydrogens (tertiary/aromatic N) is 2. The number of amides is 1. The number of aromatic nitrogens is 2. The van der Waals surface area contributed by atoms with Crippen molar-refractivity contribution in [1.82, 2.24) is 15.1 Å². The van der Waals surface area contributed by atoms with E-state index in [0.29, 0.717) is 11.3 Å². The van der Waals surface area contributed by atoms with E-state index in [1.165, 1.54) is 11.6 Å². The normalized spacial score (nSPS) is 15.9. The molecule has 4 rings (SSSR count). The molecule has 2 aromatic carbocycles. The second kappa shape index (κ2) is 7.11. The van der Waals surface area contributed by atoms with E-state index in [1.54, 1.807) is 16.8 Å². The third-order valence-electron chi connectivity index (χ3n) is 5.23. The zero-order valence-electron chi connectivity index (χ0n) is 16.0. The van der Waals surface area contributed by atoms with Crippen molar-refractivity contribution in [2.75, 3.05) is 5.73 Å². The van der Waals surface area contributed by atoms with E-state index in [-0.39, 0.29) is 11.9 Å². The maximum absolute atomic E-state index is 14.7. The van der Waals surface area contributed by atoms with Crippen LogP contribution in [0.5, 0.6) is 0 Å². The zero-order chi connectivity index (χ0) is 19.8. The largest absolute Gasteiger partial charge is 0.399 e. The summed E-state index contributed by atoms with van der Waals surface area (Å²) in [6, 6.07) is 12.1. The second-order valence-electron chi connectivity index (χ2n) is 7.38. The van der Waals surface area contributed by atoms with Crippen molar-refractivity contribution in [3.63, 3.8) is 0 Å². The van der Waals surface area contributed by atoms with Gasteiger partial charge in [-0.3, -0.25) is 4.79 Å². The van der Waals surface area contributed by atoms with E-state index in [1.807, 2.05) is 38.1 Å². The van der Waals surface area contributed by atoms with Crippen LogP contribution >= 0.6 is 0 Å². The molecular weight excluding hydrogens is 355 g/mol. The van der Waals surface area contributed by atoms with Crippen LogP contribution in [0.25, 0.3) is 5.69 Å². The number of nitrogens with two attached hydrogens (primary N) is 1. The predicted octanol–water partition coefficient (Wildman–Crippen LogP) is 4.02. The number of nitrogens with one attached hydrogen (secondary N) is 1. The molecule has 144 valence electrons. The average molecular weight is 378 g/mol. The molecule has 0 saturated carbocycles. The van der Waals surface area contributed by atoms with Crippen LogP contribution in [0.4, 0.5) is 10.1 Å². The van der Waals surface area contributed by atoms with Gasteiger partial charge in [-0.15, -0.1) is 0 Å². The van der Waals surface area contributed by atoms with Crippen molar-refractivity contribution >= 4 is 11.6 Å². The molecule has 1 unspecified atom stereocenters. The Kier molecular flexibility index (Phi) is 4.63. The summed E-state index contributed by atoms with van der Waals surface area (Å²) in [5.41, 5.74) is 11.1. The lowest BCUT2D eigenvalue weighted by atomic mass is 9.87. The first-order valence-electron chi connectivity index (χ1n) is 9.45. The molecule has 0 bridgehead atoms. The number of anilines is 1. The number of halogens is 1. The molecule has 0 fully saturated rings. The van der Waals surface area contributed by atoms with Crippen LogP contribution in [0, 0.1) is 19.7 Å². The van der Waals surface area contributed by atoms with Crippen LogP contribution in [0.1, 0.15) is 51.8 Å². The summed E-state index contributed by atoms with van der Waals surface area (Å²) in [7, 11) is 0. The standard InChI is InChI=1S/C22H23FN4O/c1-13-10-14(2)27(26-13)21-9-6-16(12-19(21)23)22(28)25-20-5-3-4-15-11-17(24)7-8-18(15)20/h6-12,20H,3-5,24H2,1-2H3,(H,25,28). The summed E-state index contributed by atoms with van der Waals surface area (Å²) in [5, 5.41) is 7.35. The van der Waals surface area contributed by atoms with Crippen LogP contribution < -0.4 is 11.1 Å². The lowest BCUT2D eigenvalue weighted by Gasteiger charge is -2.26. The van der Waals surface area contributed by atoms with Gasteiger partial charge < -0.3 is 11.1 Å². The van der Waals surface area contributed by atoms with Crippen LogP contribution in [0.3, 0.4) is 0 Å². The van der Waals surface area contributed by atoms with Gasteiger partial charge in [0.15, 0.2) is 0 Å². The number of carbonyl (C=O) groups excluding carboxylic acids is 1. The second-order valence-corrected chi connectivity index (χ2v) is 7.38. The minimum absolute atomic E-state index is 0.0874. The highest BCUT2D eigenvalue weighted by atomic mass is 19.1. The number of hydrogen-bond donors (Lipinski definition) is 2. The van der Waals surface area contributed by atoms with Crippen molar-refractivity contribution in [3.8, 4) is 5.69 Å². The summed E-state index contributed by atoms with van der Waals surface area (Å²) in [5.74, 6) is -0.760. The fraction of sp³-hybridized carbons (Fsp3) is 0.273. The lowest BCUT2D eigenvalue weighted by molar-refractivity contribution is 0.0932. The van der Waals surface area contributed by atoms with Gasteiger partial charge in [0, 0.05) is 16.9 Å². The molecule has 1 atom stereocenters. The van der Waals surface area contributed by atoms with E-state index in [0.717, 1.165) is 41.9 Å². The van der Waals surface area contributed by atoms with Crippen molar-refractivity contribution in [1.29, 1.82) is 0 Å². The third-order valence-corrected chi connectivity index (χ3v) is 5.23. The molecule has 0 aliphatic heterocycles. The summed E-state index contributed by atoms with van der Waals surface area (Å²) in [4.78, 5) is 12.7. The Labute approximate surface area is 163 Å². The van der Waals surface area contributed by atoms with Gasteiger partial charge in [-0.1, -0.05) is 6.07 Å². The van der Waals surface area contributed by atoms with Crippen LogP contribution in [0.15, 0.2) is 42.5 Å². The summed E-state index contributed by atoms with van der Waals surface area (Å²) >= 11 is 0. The number of nitrogen functional groups attached to an aromatic ring is 1. The van der Waals surface area contributed by atoms with Gasteiger partial charge in [0.25, 0.3) is 5.91 Å². The van der Waals surface area contributed by atoms with E-state index in [2.05, 4.69) is 10.4 Å². The van der Waals surface area contributed by atoms with Crippen LogP contribution in [-0.4, -0.2) is 15.7 Å². The van der Waals surface area contributed by atoms with Gasteiger partial charge in [-0.25, -0.2) is 9.07 Å². The van der Waals surface area contributed by atoms with E-state index in [4.69, 9.17) is 5.73 Å². The molecule has 6 heteroatoms. The molecule has 0 radical (unpaired) electrons. The number of fused-ring (bicyclic) bond motifs is 1. The smallest absolute Gasteiger partial charge is 0.251 e. The van der Waals surface area contributed by atoms with E-state index >= 15 is 0 Å². The number of carbonyl (C=O) groups is 1. The Morgan fingerprint density at radius 3 is 2.75 bits per heavy atom. The van der Waals surface area contributed by atoms with Gasteiger partial charge in [0.05, 0.1) is 11.7 Å². The number of aryl methyl sites for hydroxylation is 3. The highest BCUT2D eigenvalue weighted by Gasteiger charge is 2.23. The summed E-state index contributed by atoms with van der Waals surface area (Å²) < 4.78 is 16.2. The number of rotatable bonds is 3. The molecule has 1 aliphatic carbocycles. The molecule has 0 saturated heterocycles. The Bertz CT molecular complexity index is 1060. The van der Waals surface area contributed by atoms with E-state index < -0.39 is 5.82 Å². The molecule has 1 heterocycles. The SMILES string of the molecule is Cc1cc(C)n(-c2ccc(C(=O)NC3CCCc4cc(N)ccc43)cc2F)n1. The third kappa shape index (κ3) is 3.38. The Morgan fingerprint density at radius 1 is 1.21 bits per heavy atom.